The third-order valence-corrected chi connectivity index (χ3v) is 4.12. The van der Waals surface area contributed by atoms with Crippen molar-refractivity contribution in [3.05, 3.63) is 34.9 Å². The Morgan fingerprint density at radius 3 is 2.57 bits per heavy atom. The van der Waals surface area contributed by atoms with Gasteiger partial charge in [0.2, 0.25) is 5.91 Å². The molecule has 1 aromatic rings. The highest BCUT2D eigenvalue weighted by atomic mass is 35.5. The van der Waals surface area contributed by atoms with E-state index in [4.69, 9.17) is 11.6 Å². The van der Waals surface area contributed by atoms with Gasteiger partial charge in [-0.3, -0.25) is 9.69 Å². The molecule has 128 valence electrons. The fourth-order valence-corrected chi connectivity index (χ4v) is 2.85. The van der Waals surface area contributed by atoms with Crippen LogP contribution in [0.4, 0.5) is 13.2 Å². The number of rotatable bonds is 5. The molecule has 0 aliphatic carbocycles. The molecule has 1 aliphatic heterocycles. The summed E-state index contributed by atoms with van der Waals surface area (Å²) >= 11 is 6.02. The molecule has 2 N–H and O–H groups in total. The average molecular weight is 351 g/mol. The van der Waals surface area contributed by atoms with Gasteiger partial charge in [-0.25, -0.2) is 0 Å². The fourth-order valence-electron chi connectivity index (χ4n) is 2.52. The number of halogens is 4. The molecule has 8 heteroatoms. The summed E-state index contributed by atoms with van der Waals surface area (Å²) in [7, 11) is 0. The van der Waals surface area contributed by atoms with E-state index in [2.05, 4.69) is 5.32 Å². The Morgan fingerprint density at radius 1 is 1.39 bits per heavy atom. The number of carbonyl (C=O) groups excluding carboxylic acids is 1. The molecule has 1 unspecified atom stereocenters. The first-order chi connectivity index (χ1) is 10.6. The van der Waals surface area contributed by atoms with E-state index in [1.54, 1.807) is 24.3 Å². The summed E-state index contributed by atoms with van der Waals surface area (Å²) in [6.45, 7) is 0.587. The fraction of sp³-hybridized carbons (Fsp3) is 0.533. The minimum absolute atomic E-state index is 0.0641. The number of hydrogen-bond donors (Lipinski definition) is 2. The van der Waals surface area contributed by atoms with Crippen LogP contribution in [0.1, 0.15) is 12.5 Å². The lowest BCUT2D eigenvalue weighted by molar-refractivity contribution is -0.163. The van der Waals surface area contributed by atoms with Crippen LogP contribution in [0.5, 0.6) is 0 Å². The molecule has 0 saturated carbocycles. The third-order valence-electron chi connectivity index (χ3n) is 3.79. The van der Waals surface area contributed by atoms with Crippen LogP contribution >= 0.6 is 11.6 Å². The average Bonchev–Trinajstić information content (AvgIpc) is 2.39. The predicted octanol–water partition coefficient (Wildman–Crippen LogP) is 2.16. The first-order valence-corrected chi connectivity index (χ1v) is 7.50. The molecule has 1 aromatic carbocycles. The van der Waals surface area contributed by atoms with E-state index >= 15 is 0 Å². The summed E-state index contributed by atoms with van der Waals surface area (Å²) < 4.78 is 36.6. The molecule has 0 radical (unpaired) electrons. The molecular formula is C15H18ClF3N2O2. The number of hydrogen-bond acceptors (Lipinski definition) is 3. The number of carbonyl (C=O) groups is 1. The molecule has 0 aromatic heterocycles. The van der Waals surface area contributed by atoms with E-state index in [1.165, 1.54) is 6.92 Å². The van der Waals surface area contributed by atoms with Crippen LogP contribution in [-0.4, -0.2) is 48.3 Å². The van der Waals surface area contributed by atoms with Crippen molar-refractivity contribution in [1.82, 2.24) is 10.2 Å². The van der Waals surface area contributed by atoms with Gasteiger partial charge in [0.25, 0.3) is 0 Å². The van der Waals surface area contributed by atoms with Gasteiger partial charge in [-0.15, -0.1) is 0 Å². The Bertz CT molecular complexity index is 572. The molecular weight excluding hydrogens is 333 g/mol. The molecule has 2 rings (SSSR count). The molecule has 1 amide bonds. The van der Waals surface area contributed by atoms with Crippen molar-refractivity contribution in [2.45, 2.75) is 18.7 Å². The van der Waals surface area contributed by atoms with Crippen LogP contribution in [0.2, 0.25) is 5.02 Å². The second-order valence-corrected chi connectivity index (χ2v) is 6.38. The zero-order valence-corrected chi connectivity index (χ0v) is 13.3. The number of nitrogens with one attached hydrogen (secondary N) is 1. The Labute approximate surface area is 137 Å². The second-order valence-electron chi connectivity index (χ2n) is 5.98. The summed E-state index contributed by atoms with van der Waals surface area (Å²) in [5.74, 6) is -0.852. The SMILES string of the molecule is CC(O)(CNC(=O)C1CN(CC(F)(F)F)C1)c1ccccc1Cl. The van der Waals surface area contributed by atoms with Crippen LogP contribution in [-0.2, 0) is 10.4 Å². The minimum atomic E-state index is -4.25. The lowest BCUT2D eigenvalue weighted by Gasteiger charge is -2.38. The van der Waals surface area contributed by atoms with Gasteiger partial charge in [0.05, 0.1) is 19.0 Å². The molecule has 1 atom stereocenters. The quantitative estimate of drug-likeness (QED) is 0.855. The van der Waals surface area contributed by atoms with E-state index in [9.17, 15) is 23.1 Å². The summed E-state index contributed by atoms with van der Waals surface area (Å²) in [5.41, 5.74) is -0.877. The van der Waals surface area contributed by atoms with Gasteiger partial charge in [0, 0.05) is 23.7 Å². The Hall–Kier alpha value is -1.31. The first kappa shape index (κ1) is 18.0. The lowest BCUT2D eigenvalue weighted by Crippen LogP contribution is -2.56. The van der Waals surface area contributed by atoms with Gasteiger partial charge in [-0.1, -0.05) is 29.8 Å². The Morgan fingerprint density at radius 2 is 2.00 bits per heavy atom. The molecule has 4 nitrogen and oxygen atoms in total. The van der Waals surface area contributed by atoms with Gasteiger partial charge < -0.3 is 10.4 Å². The maximum atomic E-state index is 12.2. The molecule has 1 heterocycles. The van der Waals surface area contributed by atoms with Gasteiger partial charge in [-0.2, -0.15) is 13.2 Å². The molecule has 1 aliphatic rings. The van der Waals surface area contributed by atoms with Crippen molar-refractivity contribution < 1.29 is 23.1 Å². The molecule has 0 spiro atoms. The van der Waals surface area contributed by atoms with Crippen molar-refractivity contribution in [3.63, 3.8) is 0 Å². The van der Waals surface area contributed by atoms with Crippen LogP contribution in [0.3, 0.4) is 0 Å². The van der Waals surface area contributed by atoms with Gasteiger partial charge in [-0.05, 0) is 13.0 Å². The lowest BCUT2D eigenvalue weighted by atomic mass is 9.94. The molecule has 1 saturated heterocycles. The van der Waals surface area contributed by atoms with Crippen LogP contribution in [0.25, 0.3) is 0 Å². The summed E-state index contributed by atoms with van der Waals surface area (Å²) in [6.07, 6.45) is -4.25. The van der Waals surface area contributed by atoms with Gasteiger partial charge >= 0.3 is 6.18 Å². The normalized spacial score (nSPS) is 19.0. The largest absolute Gasteiger partial charge is 0.401 e. The van der Waals surface area contributed by atoms with E-state index in [-0.39, 0.29) is 25.5 Å². The molecule has 23 heavy (non-hydrogen) atoms. The number of likely N-dealkylation sites (tertiary alicyclic amines) is 1. The summed E-state index contributed by atoms with van der Waals surface area (Å²) in [6, 6.07) is 6.74. The number of nitrogens with zero attached hydrogens (tertiary/aromatic N) is 1. The summed E-state index contributed by atoms with van der Waals surface area (Å²) in [4.78, 5) is 13.1. The van der Waals surface area contributed by atoms with E-state index < -0.39 is 24.2 Å². The minimum Gasteiger partial charge on any atom is -0.384 e. The van der Waals surface area contributed by atoms with E-state index in [0.717, 1.165) is 4.90 Å². The number of alkyl halides is 3. The highest BCUT2D eigenvalue weighted by Crippen LogP contribution is 2.28. The Kier molecular flexibility index (Phi) is 5.23. The van der Waals surface area contributed by atoms with E-state index in [1.807, 2.05) is 0 Å². The zero-order chi connectivity index (χ0) is 17.3. The van der Waals surface area contributed by atoms with Crippen molar-refractivity contribution >= 4 is 17.5 Å². The van der Waals surface area contributed by atoms with Crippen LogP contribution in [0.15, 0.2) is 24.3 Å². The van der Waals surface area contributed by atoms with Crippen molar-refractivity contribution in [2.75, 3.05) is 26.2 Å². The predicted molar refractivity (Wildman–Crippen MR) is 80.0 cm³/mol. The summed E-state index contributed by atoms with van der Waals surface area (Å²) in [5, 5.41) is 13.4. The van der Waals surface area contributed by atoms with E-state index in [0.29, 0.717) is 10.6 Å². The van der Waals surface area contributed by atoms with Crippen molar-refractivity contribution in [2.24, 2.45) is 5.92 Å². The van der Waals surface area contributed by atoms with Crippen LogP contribution < -0.4 is 5.32 Å². The monoisotopic (exact) mass is 350 g/mol. The van der Waals surface area contributed by atoms with Crippen molar-refractivity contribution in [3.8, 4) is 0 Å². The smallest absolute Gasteiger partial charge is 0.384 e. The number of aliphatic hydroxyl groups is 1. The molecule has 1 fully saturated rings. The van der Waals surface area contributed by atoms with Crippen LogP contribution in [0, 0.1) is 5.92 Å². The number of amides is 1. The third kappa shape index (κ3) is 4.83. The first-order valence-electron chi connectivity index (χ1n) is 7.13. The second kappa shape index (κ2) is 6.67. The number of benzene rings is 1. The van der Waals surface area contributed by atoms with Crippen molar-refractivity contribution in [1.29, 1.82) is 0 Å². The zero-order valence-electron chi connectivity index (χ0n) is 12.5. The standard InChI is InChI=1S/C15H18ClF3N2O2/c1-14(23,11-4-2-3-5-12(11)16)8-20-13(22)10-6-21(7-10)9-15(17,18)19/h2-5,10,23H,6-9H2,1H3,(H,20,22). The van der Waals surface area contributed by atoms with Gasteiger partial charge in [0.15, 0.2) is 0 Å². The highest BCUT2D eigenvalue weighted by Gasteiger charge is 2.40. The Balaban J connectivity index is 1.83. The highest BCUT2D eigenvalue weighted by molar-refractivity contribution is 6.31. The molecule has 0 bridgehead atoms. The van der Waals surface area contributed by atoms with Gasteiger partial charge in [0.1, 0.15) is 5.60 Å². The maximum Gasteiger partial charge on any atom is 0.401 e. The topological polar surface area (TPSA) is 52.6 Å². The maximum absolute atomic E-state index is 12.2.